The zero-order valence-corrected chi connectivity index (χ0v) is 17.9. The van der Waals surface area contributed by atoms with Crippen molar-refractivity contribution in [3.63, 3.8) is 0 Å². The van der Waals surface area contributed by atoms with Gasteiger partial charge in [0.15, 0.2) is 11.4 Å². The van der Waals surface area contributed by atoms with Gasteiger partial charge >= 0.3 is 6.75 Å². The van der Waals surface area contributed by atoms with Gasteiger partial charge in [0.05, 0.1) is 11.4 Å². The average Bonchev–Trinajstić information content (AvgIpc) is 2.84. The Hall–Kier alpha value is -4.07. The molecule has 6 rings (SSSR count). The lowest BCUT2D eigenvalue weighted by molar-refractivity contribution is -0.498. The number of rotatable bonds is 3. The number of fused-ring (bicyclic) bond motifs is 4. The largest absolute Gasteiger partial charge is 0.654 e. The lowest BCUT2D eigenvalue weighted by Gasteiger charge is -2.45. The minimum absolute atomic E-state index is 0.203. The van der Waals surface area contributed by atoms with E-state index in [4.69, 9.17) is 19.0 Å². The fourth-order valence-corrected chi connectivity index (χ4v) is 4.32. The molecular formula is C26H21BN2O4. The summed E-state index contributed by atoms with van der Waals surface area (Å²) >= 11 is 0. The zero-order chi connectivity index (χ0) is 22.4. The van der Waals surface area contributed by atoms with Crippen LogP contribution in [0.1, 0.15) is 0 Å². The number of phenolic OH excluding ortho intramolecular Hbond substituents is 1. The van der Waals surface area contributed by atoms with Crippen molar-refractivity contribution in [2.45, 2.75) is 0 Å². The molecule has 2 aliphatic rings. The Morgan fingerprint density at radius 2 is 1.55 bits per heavy atom. The van der Waals surface area contributed by atoms with E-state index in [-0.39, 0.29) is 5.75 Å². The molecule has 1 atom stereocenters. The molecule has 0 spiro atoms. The first-order chi connectivity index (χ1) is 16.1. The van der Waals surface area contributed by atoms with E-state index in [1.54, 1.807) is 19.4 Å². The molecule has 162 valence electrons. The first-order valence-electron chi connectivity index (χ1n) is 10.8. The highest BCUT2D eigenvalue weighted by atomic mass is 16.8. The first-order valence-corrected chi connectivity index (χ1v) is 10.8. The van der Waals surface area contributed by atoms with Crippen LogP contribution in [0.4, 0.5) is 11.4 Å². The van der Waals surface area contributed by atoms with Crippen molar-refractivity contribution in [3.05, 3.63) is 96.9 Å². The molecule has 3 N–H and O–H groups in total. The van der Waals surface area contributed by atoms with E-state index in [1.807, 2.05) is 84.2 Å². The second-order valence-corrected chi connectivity index (χ2v) is 8.14. The summed E-state index contributed by atoms with van der Waals surface area (Å²) in [4.78, 5) is 4.77. The van der Waals surface area contributed by atoms with Crippen LogP contribution in [0.2, 0.25) is 0 Å². The molecule has 0 saturated carbocycles. The lowest BCUT2D eigenvalue weighted by atomic mass is 9.68. The van der Waals surface area contributed by atoms with E-state index < -0.39 is 6.75 Å². The maximum absolute atomic E-state index is 10.4. The van der Waals surface area contributed by atoms with Crippen molar-refractivity contribution < 1.29 is 24.4 Å². The Kier molecular flexibility index (Phi) is 4.46. The molecule has 4 aromatic carbocycles. The number of phenols is 1. The highest BCUT2D eigenvalue weighted by Crippen LogP contribution is 2.40. The standard InChI is InChI=1S/C26H20BN2O4/c1-31-27-26(29-23-13-18-7-3-5-9-20(18)15-25(23)33-27)11-10-21(32-27)16-28-22-12-17-6-2-4-8-19(17)14-24(22)30/h2-16,28,30H,1H3/q-1/p+1/b21-16+. The number of aliphatic imine (C=N–C) groups is 1. The number of allylic oxidation sites excluding steroid dienone is 2. The van der Waals surface area contributed by atoms with Crippen LogP contribution >= 0.6 is 0 Å². The number of quaternary nitrogens is 1. The minimum atomic E-state index is -2.28. The van der Waals surface area contributed by atoms with Gasteiger partial charge in [0.1, 0.15) is 12.0 Å². The van der Waals surface area contributed by atoms with Gasteiger partial charge in [-0.3, -0.25) is 10.3 Å². The lowest BCUT2D eigenvalue weighted by Crippen LogP contribution is -2.71. The maximum Gasteiger partial charge on any atom is 0.541 e. The Labute approximate surface area is 190 Å². The predicted octanol–water partition coefficient (Wildman–Crippen LogP) is 4.61. The van der Waals surface area contributed by atoms with Gasteiger partial charge in [-0.2, -0.15) is 0 Å². The average molecular weight is 436 g/mol. The van der Waals surface area contributed by atoms with Crippen LogP contribution < -0.4 is 9.97 Å². The number of benzene rings is 4. The maximum atomic E-state index is 10.4. The van der Waals surface area contributed by atoms with E-state index >= 15 is 0 Å². The van der Waals surface area contributed by atoms with Gasteiger partial charge < -0.3 is 19.1 Å². The normalized spacial score (nSPS) is 20.2. The Morgan fingerprint density at radius 1 is 0.879 bits per heavy atom. The summed E-state index contributed by atoms with van der Waals surface area (Å²) < 4.78 is 18.2. The summed E-state index contributed by atoms with van der Waals surface area (Å²) in [5.74, 6) is 1.37. The van der Waals surface area contributed by atoms with Crippen molar-refractivity contribution in [3.8, 4) is 11.5 Å². The summed E-state index contributed by atoms with van der Waals surface area (Å²) in [7, 11) is 1.55. The SMILES string of the molecule is CO[B-]12O/C(=C/[NH2+]c3cc4ccccc4cc3O)C=CC1=Nc1cc3ccccc3cc1O2. The molecule has 4 aromatic rings. The summed E-state index contributed by atoms with van der Waals surface area (Å²) in [5, 5.41) is 16.4. The van der Waals surface area contributed by atoms with Gasteiger partial charge in [-0.25, -0.2) is 0 Å². The summed E-state index contributed by atoms with van der Waals surface area (Å²) in [5.41, 5.74) is 2.02. The molecule has 0 saturated heterocycles. The highest BCUT2D eigenvalue weighted by molar-refractivity contribution is 6.96. The second-order valence-electron chi connectivity index (χ2n) is 8.14. The topological polar surface area (TPSA) is 76.9 Å². The third-order valence-electron chi connectivity index (χ3n) is 6.06. The fourth-order valence-electron chi connectivity index (χ4n) is 4.32. The van der Waals surface area contributed by atoms with E-state index in [2.05, 4.69) is 0 Å². The number of aromatic hydroxyl groups is 1. The monoisotopic (exact) mass is 436 g/mol. The van der Waals surface area contributed by atoms with Gasteiger partial charge in [0.2, 0.25) is 0 Å². The third kappa shape index (κ3) is 3.35. The van der Waals surface area contributed by atoms with Crippen molar-refractivity contribution >= 4 is 45.3 Å². The summed E-state index contributed by atoms with van der Waals surface area (Å²) in [6.07, 6.45) is 5.46. The van der Waals surface area contributed by atoms with Gasteiger partial charge in [-0.05, 0) is 58.5 Å². The molecule has 0 fully saturated rings. The van der Waals surface area contributed by atoms with Crippen LogP contribution in [0.3, 0.4) is 0 Å². The third-order valence-corrected chi connectivity index (χ3v) is 6.06. The smallest absolute Gasteiger partial charge is 0.541 e. The van der Waals surface area contributed by atoms with E-state index in [0.29, 0.717) is 22.8 Å². The fraction of sp³-hybridized carbons (Fsp3) is 0.0385. The molecule has 1 unspecified atom stereocenters. The van der Waals surface area contributed by atoms with E-state index in [9.17, 15) is 5.11 Å². The van der Waals surface area contributed by atoms with E-state index in [1.165, 1.54) is 0 Å². The molecule has 0 amide bonds. The van der Waals surface area contributed by atoms with Crippen molar-refractivity contribution in [1.29, 1.82) is 0 Å². The van der Waals surface area contributed by atoms with Crippen LogP contribution in [0.5, 0.6) is 11.5 Å². The molecule has 2 aliphatic heterocycles. The molecule has 33 heavy (non-hydrogen) atoms. The molecular weight excluding hydrogens is 415 g/mol. The summed E-state index contributed by atoms with van der Waals surface area (Å²) in [6.45, 7) is -2.28. The summed E-state index contributed by atoms with van der Waals surface area (Å²) in [6, 6.07) is 23.6. The number of nitrogens with two attached hydrogens (primary N) is 1. The van der Waals surface area contributed by atoms with Crippen LogP contribution in [0, 0.1) is 0 Å². The van der Waals surface area contributed by atoms with Crippen LogP contribution in [-0.4, -0.2) is 24.6 Å². The van der Waals surface area contributed by atoms with Gasteiger partial charge in [-0.1, -0.05) is 54.6 Å². The number of hydrogen-bond acceptors (Lipinski definition) is 5. The van der Waals surface area contributed by atoms with Gasteiger partial charge in [0.25, 0.3) is 0 Å². The van der Waals surface area contributed by atoms with Crippen molar-refractivity contribution in [1.82, 2.24) is 0 Å². The highest BCUT2D eigenvalue weighted by Gasteiger charge is 2.43. The molecule has 0 aliphatic carbocycles. The van der Waals surface area contributed by atoms with Crippen molar-refractivity contribution in [2.24, 2.45) is 4.99 Å². The van der Waals surface area contributed by atoms with Crippen molar-refractivity contribution in [2.75, 3.05) is 7.11 Å². The van der Waals surface area contributed by atoms with Gasteiger partial charge in [0, 0.05) is 6.07 Å². The zero-order valence-electron chi connectivity index (χ0n) is 17.9. The quantitative estimate of drug-likeness (QED) is 0.279. The molecule has 2 heterocycles. The molecule has 6 nitrogen and oxygen atoms in total. The Bertz CT molecular complexity index is 1510. The molecule has 0 bridgehead atoms. The number of nitrogens with zero attached hydrogens (tertiary/aromatic N) is 1. The molecule has 0 aromatic heterocycles. The first kappa shape index (κ1) is 19.6. The van der Waals surface area contributed by atoms with Crippen LogP contribution in [-0.2, 0) is 9.31 Å². The van der Waals surface area contributed by atoms with Crippen LogP contribution in [0.15, 0.2) is 102 Å². The Balaban J connectivity index is 1.33. The van der Waals surface area contributed by atoms with Gasteiger partial charge in [-0.15, -0.1) is 0 Å². The Morgan fingerprint density at radius 3 is 2.27 bits per heavy atom. The number of hydrogen-bond donors (Lipinski definition) is 2. The predicted molar refractivity (Wildman–Crippen MR) is 130 cm³/mol. The second kappa shape index (κ2) is 7.51. The molecule has 7 heteroatoms. The minimum Gasteiger partial charge on any atom is -0.654 e. The van der Waals surface area contributed by atoms with E-state index in [0.717, 1.165) is 27.2 Å². The van der Waals surface area contributed by atoms with Crippen LogP contribution in [0.25, 0.3) is 21.5 Å². The molecule has 0 radical (unpaired) electrons.